The zero-order valence-corrected chi connectivity index (χ0v) is 14.4. The normalized spacial score (nSPS) is 20.3. The molecular weight excluding hydrogens is 310 g/mol. The average Bonchev–Trinajstić information content (AvgIpc) is 2.76. The Kier molecular flexibility index (Phi) is 4.55. The maximum atomic E-state index is 13.1. The summed E-state index contributed by atoms with van der Waals surface area (Å²) in [4.78, 5) is 0.339. The Morgan fingerprint density at radius 1 is 1.17 bits per heavy atom. The highest BCUT2D eigenvalue weighted by Crippen LogP contribution is 2.30. The number of hydrogen-bond donors (Lipinski definition) is 1. The maximum Gasteiger partial charge on any atom is 0.246 e. The van der Waals surface area contributed by atoms with Gasteiger partial charge in [-0.3, -0.25) is 5.10 Å². The lowest BCUT2D eigenvalue weighted by molar-refractivity contribution is 0.406. The van der Waals surface area contributed by atoms with Crippen LogP contribution >= 0.6 is 0 Å². The minimum Gasteiger partial charge on any atom is -0.281 e. The van der Waals surface area contributed by atoms with Crippen molar-refractivity contribution in [3.05, 3.63) is 47.3 Å². The minimum absolute atomic E-state index is 0.251. The Bertz CT molecular complexity index is 749. The molecule has 5 nitrogen and oxygen atoms in total. The van der Waals surface area contributed by atoms with E-state index < -0.39 is 10.0 Å². The molecule has 0 radical (unpaired) electrons. The fourth-order valence-electron chi connectivity index (χ4n) is 3.37. The number of aromatic nitrogens is 2. The van der Waals surface area contributed by atoms with Crippen LogP contribution in [-0.2, 0) is 10.0 Å². The average molecular weight is 333 g/mol. The highest BCUT2D eigenvalue weighted by molar-refractivity contribution is 7.89. The van der Waals surface area contributed by atoms with Crippen LogP contribution in [0.1, 0.15) is 42.1 Å². The van der Waals surface area contributed by atoms with Gasteiger partial charge in [-0.25, -0.2) is 8.42 Å². The van der Waals surface area contributed by atoms with E-state index in [1.54, 1.807) is 18.2 Å². The summed E-state index contributed by atoms with van der Waals surface area (Å²) in [5.74, 6) is 0.251. The van der Waals surface area contributed by atoms with E-state index in [1.807, 2.05) is 18.2 Å². The van der Waals surface area contributed by atoms with Crippen LogP contribution in [0.2, 0.25) is 0 Å². The predicted octanol–water partition coefficient (Wildman–Crippen LogP) is 2.98. The quantitative estimate of drug-likeness (QED) is 0.939. The van der Waals surface area contributed by atoms with E-state index in [9.17, 15) is 8.42 Å². The van der Waals surface area contributed by atoms with Crippen molar-refractivity contribution in [2.75, 3.05) is 13.1 Å². The molecule has 1 aromatic carbocycles. The summed E-state index contributed by atoms with van der Waals surface area (Å²) in [6.45, 7) is 4.62. The molecule has 0 aliphatic carbocycles. The molecule has 1 aliphatic heterocycles. The molecule has 1 atom stereocenters. The largest absolute Gasteiger partial charge is 0.281 e. The number of aromatic amines is 1. The minimum atomic E-state index is -3.50. The smallest absolute Gasteiger partial charge is 0.246 e. The van der Waals surface area contributed by atoms with Gasteiger partial charge >= 0.3 is 0 Å². The van der Waals surface area contributed by atoms with Gasteiger partial charge < -0.3 is 0 Å². The Hall–Kier alpha value is -1.66. The van der Waals surface area contributed by atoms with Crippen LogP contribution in [-0.4, -0.2) is 36.0 Å². The van der Waals surface area contributed by atoms with Crippen LogP contribution in [0.4, 0.5) is 0 Å². The number of sulfonamides is 1. The van der Waals surface area contributed by atoms with Crippen molar-refractivity contribution in [3.63, 3.8) is 0 Å². The lowest BCUT2D eigenvalue weighted by Crippen LogP contribution is -2.34. The molecule has 1 N–H and O–H groups in total. The third-order valence-corrected chi connectivity index (χ3v) is 6.69. The number of nitrogens with one attached hydrogen (secondary N) is 1. The van der Waals surface area contributed by atoms with Gasteiger partial charge in [0.1, 0.15) is 4.90 Å². The maximum absolute atomic E-state index is 13.1. The van der Waals surface area contributed by atoms with Gasteiger partial charge in [-0.1, -0.05) is 36.8 Å². The van der Waals surface area contributed by atoms with Crippen LogP contribution in [0.15, 0.2) is 35.2 Å². The monoisotopic (exact) mass is 333 g/mol. The molecule has 0 amide bonds. The summed E-state index contributed by atoms with van der Waals surface area (Å²) in [6.07, 6.45) is 2.98. The molecule has 1 saturated heterocycles. The van der Waals surface area contributed by atoms with E-state index in [2.05, 4.69) is 22.3 Å². The number of hydrogen-bond acceptors (Lipinski definition) is 3. The second kappa shape index (κ2) is 6.45. The van der Waals surface area contributed by atoms with Crippen molar-refractivity contribution < 1.29 is 8.42 Å². The zero-order valence-electron chi connectivity index (χ0n) is 13.6. The van der Waals surface area contributed by atoms with E-state index >= 15 is 0 Å². The molecule has 2 heterocycles. The van der Waals surface area contributed by atoms with E-state index in [0.29, 0.717) is 29.4 Å². The van der Waals surface area contributed by atoms with Gasteiger partial charge in [-0.2, -0.15) is 9.40 Å². The first-order valence-corrected chi connectivity index (χ1v) is 9.51. The summed E-state index contributed by atoms with van der Waals surface area (Å²) < 4.78 is 27.8. The summed E-state index contributed by atoms with van der Waals surface area (Å²) in [5.41, 5.74) is 2.38. The van der Waals surface area contributed by atoms with Gasteiger partial charge in [-0.05, 0) is 38.2 Å². The van der Waals surface area contributed by atoms with Crippen LogP contribution in [0, 0.1) is 13.8 Å². The second-order valence-corrected chi connectivity index (χ2v) is 8.10. The molecule has 1 unspecified atom stereocenters. The first kappa shape index (κ1) is 16.2. The number of benzene rings is 1. The van der Waals surface area contributed by atoms with Crippen molar-refractivity contribution in [1.29, 1.82) is 0 Å². The van der Waals surface area contributed by atoms with Crippen LogP contribution < -0.4 is 0 Å². The molecule has 124 valence electrons. The molecular formula is C17H23N3O2S. The zero-order chi connectivity index (χ0) is 16.4. The first-order chi connectivity index (χ1) is 11.0. The Morgan fingerprint density at radius 2 is 1.91 bits per heavy atom. The number of aryl methyl sites for hydroxylation is 2. The lowest BCUT2D eigenvalue weighted by atomic mass is 9.95. The molecule has 0 spiro atoms. The first-order valence-electron chi connectivity index (χ1n) is 8.07. The van der Waals surface area contributed by atoms with Gasteiger partial charge in [0.15, 0.2) is 0 Å². The predicted molar refractivity (Wildman–Crippen MR) is 89.9 cm³/mol. The SMILES string of the molecule is Cc1n[nH]c(C)c1S(=O)(=O)N1CCCCC(c2ccccc2)C1. The molecule has 2 aromatic rings. The molecule has 6 heteroatoms. The summed E-state index contributed by atoms with van der Waals surface area (Å²) in [7, 11) is -3.50. The fraction of sp³-hybridized carbons (Fsp3) is 0.471. The Morgan fingerprint density at radius 3 is 2.57 bits per heavy atom. The van der Waals surface area contributed by atoms with Gasteiger partial charge in [0.05, 0.1) is 11.4 Å². The highest BCUT2D eigenvalue weighted by Gasteiger charge is 2.32. The van der Waals surface area contributed by atoms with Gasteiger partial charge in [0.25, 0.3) is 0 Å². The topological polar surface area (TPSA) is 66.1 Å². The van der Waals surface area contributed by atoms with Gasteiger partial charge in [0, 0.05) is 13.1 Å². The van der Waals surface area contributed by atoms with Crippen LogP contribution in [0.25, 0.3) is 0 Å². The summed E-state index contributed by atoms with van der Waals surface area (Å²) >= 11 is 0. The molecule has 3 rings (SSSR count). The molecule has 0 saturated carbocycles. The number of rotatable bonds is 3. The lowest BCUT2D eigenvalue weighted by Gasteiger charge is -2.24. The standard InChI is InChI=1S/C17H23N3O2S/c1-13-17(14(2)19-18-13)23(21,22)20-11-7-6-10-16(12-20)15-8-4-3-5-9-15/h3-5,8-9,16H,6-7,10-12H2,1-2H3,(H,18,19). The van der Waals surface area contributed by atoms with Gasteiger partial charge in [0.2, 0.25) is 10.0 Å². The number of nitrogens with zero attached hydrogens (tertiary/aromatic N) is 2. The Labute approximate surface area is 137 Å². The summed E-state index contributed by atoms with van der Waals surface area (Å²) in [6, 6.07) is 10.2. The van der Waals surface area contributed by atoms with Crippen molar-refractivity contribution in [2.24, 2.45) is 0 Å². The molecule has 1 aromatic heterocycles. The Balaban J connectivity index is 1.92. The van der Waals surface area contributed by atoms with E-state index in [4.69, 9.17) is 0 Å². The third kappa shape index (κ3) is 3.19. The summed E-state index contributed by atoms with van der Waals surface area (Å²) in [5, 5.41) is 6.83. The van der Waals surface area contributed by atoms with E-state index in [1.165, 1.54) is 5.56 Å². The molecule has 23 heavy (non-hydrogen) atoms. The van der Waals surface area contributed by atoms with Crippen molar-refractivity contribution in [3.8, 4) is 0 Å². The highest BCUT2D eigenvalue weighted by atomic mass is 32.2. The van der Waals surface area contributed by atoms with Crippen LogP contribution in [0.3, 0.4) is 0 Å². The second-order valence-electron chi connectivity index (χ2n) is 6.23. The van der Waals surface area contributed by atoms with E-state index in [0.717, 1.165) is 19.3 Å². The van der Waals surface area contributed by atoms with Gasteiger partial charge in [-0.15, -0.1) is 0 Å². The third-order valence-electron chi connectivity index (χ3n) is 4.56. The van der Waals surface area contributed by atoms with Crippen molar-refractivity contribution >= 4 is 10.0 Å². The molecule has 1 fully saturated rings. The van der Waals surface area contributed by atoms with Crippen LogP contribution in [0.5, 0.6) is 0 Å². The number of H-pyrrole nitrogens is 1. The fourth-order valence-corrected chi connectivity index (χ4v) is 5.23. The van der Waals surface area contributed by atoms with Crippen molar-refractivity contribution in [2.45, 2.75) is 43.9 Å². The molecule has 0 bridgehead atoms. The molecule has 1 aliphatic rings. The van der Waals surface area contributed by atoms with Crippen molar-refractivity contribution in [1.82, 2.24) is 14.5 Å². The van der Waals surface area contributed by atoms with E-state index in [-0.39, 0.29) is 5.92 Å².